The van der Waals surface area contributed by atoms with Gasteiger partial charge in [-0.3, -0.25) is 4.79 Å². The van der Waals surface area contributed by atoms with Gasteiger partial charge in [0.05, 0.1) is 6.61 Å². The molecule has 0 aromatic rings. The zero-order valence-electron chi connectivity index (χ0n) is 27.8. The number of hydrogen-bond donors (Lipinski definition) is 0. The van der Waals surface area contributed by atoms with Crippen molar-refractivity contribution in [2.24, 2.45) is 23.7 Å². The molecule has 0 amide bonds. The Morgan fingerprint density at radius 1 is 0.538 bits per heavy atom. The second-order valence-electron chi connectivity index (χ2n) is 13.5. The molecular formula is C37H72O2. The van der Waals surface area contributed by atoms with E-state index in [1.54, 1.807) is 0 Å². The van der Waals surface area contributed by atoms with Gasteiger partial charge in [-0.1, -0.05) is 163 Å². The van der Waals surface area contributed by atoms with E-state index in [2.05, 4.69) is 53.7 Å². The highest BCUT2D eigenvalue weighted by Crippen LogP contribution is 2.23. The van der Waals surface area contributed by atoms with Gasteiger partial charge in [0.1, 0.15) is 0 Å². The molecule has 0 spiro atoms. The topological polar surface area (TPSA) is 26.3 Å². The predicted molar refractivity (Wildman–Crippen MR) is 174 cm³/mol. The molecule has 3 atom stereocenters. The summed E-state index contributed by atoms with van der Waals surface area (Å²) in [4.78, 5) is 12.2. The Morgan fingerprint density at radius 2 is 0.974 bits per heavy atom. The monoisotopic (exact) mass is 549 g/mol. The largest absolute Gasteiger partial charge is 0.466 e. The van der Waals surface area contributed by atoms with Crippen LogP contribution >= 0.6 is 0 Å². The molecule has 0 bridgehead atoms. The number of ether oxygens (including phenoxy) is 1. The highest BCUT2D eigenvalue weighted by molar-refractivity contribution is 5.69. The first-order valence-electron chi connectivity index (χ1n) is 17.7. The van der Waals surface area contributed by atoms with Gasteiger partial charge in [-0.25, -0.2) is 0 Å². The van der Waals surface area contributed by atoms with E-state index in [9.17, 15) is 4.79 Å². The smallest absolute Gasteiger partial charge is 0.306 e. The van der Waals surface area contributed by atoms with Gasteiger partial charge in [0.15, 0.2) is 0 Å². The minimum Gasteiger partial charge on any atom is -0.466 e. The number of carbonyl (C=O) groups excluding carboxylic acids is 1. The molecule has 3 unspecified atom stereocenters. The molecule has 0 rings (SSSR count). The van der Waals surface area contributed by atoms with Crippen LogP contribution in [0.1, 0.15) is 189 Å². The van der Waals surface area contributed by atoms with Crippen molar-refractivity contribution in [3.63, 3.8) is 0 Å². The normalized spacial score (nSPS) is 14.2. The van der Waals surface area contributed by atoms with Crippen LogP contribution in [0, 0.1) is 23.7 Å². The van der Waals surface area contributed by atoms with Crippen LogP contribution in [0.3, 0.4) is 0 Å². The molecule has 0 aliphatic carbocycles. The second kappa shape index (κ2) is 28.7. The molecule has 0 radical (unpaired) electrons. The Labute approximate surface area is 246 Å². The van der Waals surface area contributed by atoms with Crippen molar-refractivity contribution in [3.8, 4) is 0 Å². The van der Waals surface area contributed by atoms with E-state index in [1.807, 2.05) is 0 Å². The molecular weight excluding hydrogens is 476 g/mol. The van der Waals surface area contributed by atoms with E-state index >= 15 is 0 Å². The van der Waals surface area contributed by atoms with Crippen molar-refractivity contribution >= 4 is 5.97 Å². The van der Waals surface area contributed by atoms with Gasteiger partial charge in [0.2, 0.25) is 0 Å². The minimum atomic E-state index is 0.0131. The third-order valence-electron chi connectivity index (χ3n) is 8.45. The van der Waals surface area contributed by atoms with E-state index in [1.165, 1.54) is 128 Å². The van der Waals surface area contributed by atoms with Crippen molar-refractivity contribution in [3.05, 3.63) is 12.2 Å². The highest BCUT2D eigenvalue weighted by Gasteiger charge is 2.12. The molecule has 0 aromatic carbocycles. The molecule has 0 saturated carbocycles. The highest BCUT2D eigenvalue weighted by atomic mass is 16.5. The van der Waals surface area contributed by atoms with Gasteiger partial charge in [-0.05, 0) is 55.8 Å². The second-order valence-corrected chi connectivity index (χ2v) is 13.5. The average molecular weight is 549 g/mol. The Morgan fingerprint density at radius 3 is 1.49 bits per heavy atom. The van der Waals surface area contributed by atoms with Gasteiger partial charge in [-0.2, -0.15) is 0 Å². The fraction of sp³-hybridized carbons (Fsp3) is 0.919. The van der Waals surface area contributed by atoms with Crippen molar-refractivity contribution < 1.29 is 9.53 Å². The molecule has 0 aliphatic rings. The zero-order chi connectivity index (χ0) is 29.0. The summed E-state index contributed by atoms with van der Waals surface area (Å²) in [7, 11) is 0. The van der Waals surface area contributed by atoms with E-state index in [4.69, 9.17) is 4.74 Å². The van der Waals surface area contributed by atoms with Crippen LogP contribution in [0.25, 0.3) is 0 Å². The van der Waals surface area contributed by atoms with E-state index in [-0.39, 0.29) is 5.97 Å². The van der Waals surface area contributed by atoms with Crippen molar-refractivity contribution in [1.82, 2.24) is 0 Å². The van der Waals surface area contributed by atoms with Crippen LogP contribution in [-0.2, 0) is 9.53 Å². The summed E-state index contributed by atoms with van der Waals surface area (Å²) in [5.74, 6) is 3.00. The lowest BCUT2D eigenvalue weighted by molar-refractivity contribution is -0.144. The summed E-state index contributed by atoms with van der Waals surface area (Å²) in [5.41, 5.74) is 0. The van der Waals surface area contributed by atoms with Gasteiger partial charge in [-0.15, -0.1) is 0 Å². The molecule has 2 nitrogen and oxygen atoms in total. The fourth-order valence-electron chi connectivity index (χ4n) is 5.60. The molecule has 2 heteroatoms. The average Bonchev–Trinajstić information content (AvgIpc) is 2.88. The molecule has 0 aliphatic heterocycles. The van der Waals surface area contributed by atoms with Crippen LogP contribution < -0.4 is 0 Å². The summed E-state index contributed by atoms with van der Waals surface area (Å²) in [6, 6.07) is 0. The first-order valence-corrected chi connectivity index (χ1v) is 17.7. The summed E-state index contributed by atoms with van der Waals surface area (Å²) < 4.78 is 5.52. The maximum absolute atomic E-state index is 12.2. The van der Waals surface area contributed by atoms with Gasteiger partial charge >= 0.3 is 5.97 Å². The summed E-state index contributed by atoms with van der Waals surface area (Å²) in [5, 5.41) is 0. The van der Waals surface area contributed by atoms with Crippen LogP contribution in [0.5, 0.6) is 0 Å². The van der Waals surface area contributed by atoms with Crippen LogP contribution in [-0.4, -0.2) is 12.6 Å². The first-order chi connectivity index (χ1) is 18.8. The van der Waals surface area contributed by atoms with Gasteiger partial charge in [0, 0.05) is 6.42 Å². The minimum absolute atomic E-state index is 0.0131. The predicted octanol–water partition coefficient (Wildman–Crippen LogP) is 12.6. The lowest BCUT2D eigenvalue weighted by Crippen LogP contribution is -2.11. The standard InChI is InChI=1S/C37H72O2/c1-7-8-9-10-11-12-13-14-15-16-17-18-19-20-21-31-39-37(38)32-36(6)30-24-29-35(5)28-23-27-34(4)26-22-25-33(2)3/h13-14,33-36H,7-12,15-32H2,1-6H3/b14-13+. The fourth-order valence-corrected chi connectivity index (χ4v) is 5.60. The number of esters is 1. The summed E-state index contributed by atoms with van der Waals surface area (Å²) in [6.07, 6.45) is 34.2. The zero-order valence-corrected chi connectivity index (χ0v) is 27.8. The molecule has 0 saturated heterocycles. The van der Waals surface area contributed by atoms with Crippen LogP contribution in [0.4, 0.5) is 0 Å². The van der Waals surface area contributed by atoms with Gasteiger partial charge in [0.25, 0.3) is 0 Å². The Kier molecular flexibility index (Phi) is 28.1. The summed E-state index contributed by atoms with van der Waals surface area (Å²) in [6.45, 7) is 14.6. The van der Waals surface area contributed by atoms with E-state index in [0.717, 1.165) is 30.6 Å². The lowest BCUT2D eigenvalue weighted by atomic mass is 9.91. The number of rotatable bonds is 29. The van der Waals surface area contributed by atoms with Crippen LogP contribution in [0.2, 0.25) is 0 Å². The molecule has 39 heavy (non-hydrogen) atoms. The van der Waals surface area contributed by atoms with Crippen molar-refractivity contribution in [2.45, 2.75) is 189 Å². The third kappa shape index (κ3) is 30.0. The molecule has 0 N–H and O–H groups in total. The first kappa shape index (κ1) is 38.2. The van der Waals surface area contributed by atoms with Crippen molar-refractivity contribution in [1.29, 1.82) is 0 Å². The SMILES string of the molecule is CCCCCCC/C=C/CCCCCCCCOC(=O)CC(C)CCCC(C)CCCC(C)CCCC(C)C. The molecule has 0 fully saturated rings. The third-order valence-corrected chi connectivity index (χ3v) is 8.45. The summed E-state index contributed by atoms with van der Waals surface area (Å²) >= 11 is 0. The maximum atomic E-state index is 12.2. The van der Waals surface area contributed by atoms with E-state index < -0.39 is 0 Å². The number of unbranched alkanes of at least 4 members (excludes halogenated alkanes) is 11. The molecule has 0 heterocycles. The quantitative estimate of drug-likeness (QED) is 0.0527. The van der Waals surface area contributed by atoms with Crippen molar-refractivity contribution in [2.75, 3.05) is 6.61 Å². The Balaban J connectivity index is 3.50. The maximum Gasteiger partial charge on any atom is 0.306 e. The number of carbonyl (C=O) groups is 1. The number of allylic oxidation sites excluding steroid dienone is 2. The Bertz CT molecular complexity index is 538. The van der Waals surface area contributed by atoms with Gasteiger partial charge < -0.3 is 4.74 Å². The number of hydrogen-bond acceptors (Lipinski definition) is 2. The Hall–Kier alpha value is -0.790. The lowest BCUT2D eigenvalue weighted by Gasteiger charge is -2.16. The molecule has 0 aromatic heterocycles. The van der Waals surface area contributed by atoms with Crippen LogP contribution in [0.15, 0.2) is 12.2 Å². The van der Waals surface area contributed by atoms with E-state index in [0.29, 0.717) is 18.9 Å². The molecule has 232 valence electrons.